The van der Waals surface area contributed by atoms with Crippen molar-refractivity contribution in [2.24, 2.45) is 0 Å². The van der Waals surface area contributed by atoms with Crippen molar-refractivity contribution >= 4 is 0 Å². The van der Waals surface area contributed by atoms with Gasteiger partial charge in [0.2, 0.25) is 0 Å². The third-order valence-corrected chi connectivity index (χ3v) is 1.53. The first-order chi connectivity index (χ1) is 5.29. The molecule has 1 aromatic rings. The predicted octanol–water partition coefficient (Wildman–Crippen LogP) is 0.635. The molecule has 0 atom stereocenters. The molecule has 1 heterocycles. The molecule has 0 spiro atoms. The lowest BCUT2D eigenvalue weighted by Crippen LogP contribution is -2.14. The highest BCUT2D eigenvalue weighted by atomic mass is 15.1. The van der Waals surface area contributed by atoms with Crippen molar-refractivity contribution in [3.8, 4) is 0 Å². The van der Waals surface area contributed by atoms with Gasteiger partial charge in [-0.05, 0) is 27.1 Å². The minimum Gasteiger partial charge on any atom is -0.337 e. The Morgan fingerprint density at radius 1 is 1.55 bits per heavy atom. The smallest absolute Gasteiger partial charge is 0.108 e. The molecule has 0 unspecified atom stereocenters. The maximum absolute atomic E-state index is 3.84. The van der Waals surface area contributed by atoms with Gasteiger partial charge in [-0.15, -0.1) is 0 Å². The molecule has 0 aliphatic carbocycles. The fourth-order valence-electron chi connectivity index (χ4n) is 0.940. The Morgan fingerprint density at radius 2 is 2.36 bits per heavy atom. The van der Waals surface area contributed by atoms with E-state index in [-0.39, 0.29) is 0 Å². The second-order valence-corrected chi connectivity index (χ2v) is 2.90. The summed E-state index contributed by atoms with van der Waals surface area (Å²) in [7, 11) is 4.17. The van der Waals surface area contributed by atoms with Gasteiger partial charge in [0.25, 0.3) is 0 Å². The predicted molar refractivity (Wildman–Crippen MR) is 44.2 cm³/mol. The van der Waals surface area contributed by atoms with E-state index in [1.807, 2.05) is 10.8 Å². The number of nitrogens with zero attached hydrogens (tertiary/aromatic N) is 3. The third kappa shape index (κ3) is 3.18. The summed E-state index contributed by atoms with van der Waals surface area (Å²) in [5.74, 6) is 0. The van der Waals surface area contributed by atoms with Crippen LogP contribution in [0.5, 0.6) is 0 Å². The van der Waals surface area contributed by atoms with Crippen molar-refractivity contribution < 1.29 is 0 Å². The van der Waals surface area contributed by atoms with E-state index in [1.165, 1.54) is 0 Å². The number of aryl methyl sites for hydroxylation is 1. The Kier molecular flexibility index (Phi) is 3.11. The van der Waals surface area contributed by atoms with Crippen molar-refractivity contribution in [2.75, 3.05) is 20.6 Å². The SMILES string of the molecule is CN(C)CCCn1c[c]nc1. The van der Waals surface area contributed by atoms with Crippen LogP contribution in [0.15, 0.2) is 12.5 Å². The van der Waals surface area contributed by atoms with Gasteiger partial charge >= 0.3 is 0 Å². The van der Waals surface area contributed by atoms with Crippen LogP contribution in [0.3, 0.4) is 0 Å². The van der Waals surface area contributed by atoms with Gasteiger partial charge in [0, 0.05) is 12.7 Å². The molecule has 3 heteroatoms. The van der Waals surface area contributed by atoms with Crippen LogP contribution in [0.1, 0.15) is 6.42 Å². The number of hydrogen-bond donors (Lipinski definition) is 0. The first-order valence-electron chi connectivity index (χ1n) is 3.81. The van der Waals surface area contributed by atoms with Gasteiger partial charge in [-0.1, -0.05) is 0 Å². The van der Waals surface area contributed by atoms with Gasteiger partial charge < -0.3 is 9.47 Å². The van der Waals surface area contributed by atoms with Crippen molar-refractivity contribution in [3.63, 3.8) is 0 Å². The summed E-state index contributed by atoms with van der Waals surface area (Å²) in [6.45, 7) is 2.16. The van der Waals surface area contributed by atoms with Gasteiger partial charge in [0.15, 0.2) is 0 Å². The van der Waals surface area contributed by atoms with E-state index < -0.39 is 0 Å². The van der Waals surface area contributed by atoms with Crippen LogP contribution in [0.4, 0.5) is 0 Å². The molecule has 0 fully saturated rings. The highest BCUT2D eigenvalue weighted by molar-refractivity contribution is 4.71. The van der Waals surface area contributed by atoms with Gasteiger partial charge in [-0.2, -0.15) is 0 Å². The maximum Gasteiger partial charge on any atom is 0.108 e. The summed E-state index contributed by atoms with van der Waals surface area (Å²) < 4.78 is 2.05. The van der Waals surface area contributed by atoms with Crippen LogP contribution in [-0.2, 0) is 6.54 Å². The zero-order chi connectivity index (χ0) is 8.10. The summed E-state index contributed by atoms with van der Waals surface area (Å²) in [6.07, 6.45) is 7.60. The number of imidazole rings is 1. The van der Waals surface area contributed by atoms with Gasteiger partial charge in [-0.25, -0.2) is 4.98 Å². The molecule has 0 saturated carbocycles. The maximum atomic E-state index is 3.84. The summed E-state index contributed by atoms with van der Waals surface area (Å²) >= 11 is 0. The molecule has 61 valence electrons. The molecule has 0 bridgehead atoms. The average Bonchev–Trinajstić information content (AvgIpc) is 2.39. The molecule has 0 aliphatic heterocycles. The molecule has 1 radical (unpaired) electrons. The first kappa shape index (κ1) is 8.27. The molecule has 0 saturated heterocycles. The van der Waals surface area contributed by atoms with Crippen molar-refractivity contribution in [3.05, 3.63) is 18.7 Å². The normalized spacial score (nSPS) is 10.8. The van der Waals surface area contributed by atoms with Crippen LogP contribution in [0.25, 0.3) is 0 Å². The van der Waals surface area contributed by atoms with E-state index in [0.29, 0.717) is 0 Å². The minimum absolute atomic E-state index is 1.04. The molecule has 0 amide bonds. The van der Waals surface area contributed by atoms with E-state index >= 15 is 0 Å². The topological polar surface area (TPSA) is 21.1 Å². The van der Waals surface area contributed by atoms with Crippen molar-refractivity contribution in [1.82, 2.24) is 14.5 Å². The lowest BCUT2D eigenvalue weighted by molar-refractivity contribution is 0.386. The summed E-state index contributed by atoms with van der Waals surface area (Å²) in [5.41, 5.74) is 0. The van der Waals surface area contributed by atoms with Crippen LogP contribution in [0, 0.1) is 6.20 Å². The van der Waals surface area contributed by atoms with Crippen LogP contribution in [-0.4, -0.2) is 35.1 Å². The fraction of sp³-hybridized carbons (Fsp3) is 0.625. The highest BCUT2D eigenvalue weighted by Gasteiger charge is 1.91. The molecule has 1 rings (SSSR count). The Bertz CT molecular complexity index is 179. The molecular weight excluding hydrogens is 138 g/mol. The summed E-state index contributed by atoms with van der Waals surface area (Å²) in [6, 6.07) is 0. The molecule has 0 aromatic carbocycles. The minimum atomic E-state index is 1.04. The van der Waals surface area contributed by atoms with Crippen LogP contribution < -0.4 is 0 Å². The summed E-state index contributed by atoms with van der Waals surface area (Å²) in [4.78, 5) is 6.03. The number of hydrogen-bond acceptors (Lipinski definition) is 2. The Morgan fingerprint density at radius 3 is 2.91 bits per heavy atom. The largest absolute Gasteiger partial charge is 0.337 e. The van der Waals surface area contributed by atoms with Crippen molar-refractivity contribution in [1.29, 1.82) is 0 Å². The van der Waals surface area contributed by atoms with E-state index in [1.54, 1.807) is 6.33 Å². The number of aromatic nitrogens is 2. The second-order valence-electron chi connectivity index (χ2n) is 2.90. The standard InChI is InChI=1S/C8H14N3/c1-10(2)5-3-6-11-7-4-9-8-11/h7-8H,3,5-6H2,1-2H3. The molecule has 0 aliphatic rings. The van der Waals surface area contributed by atoms with Crippen molar-refractivity contribution in [2.45, 2.75) is 13.0 Å². The first-order valence-corrected chi connectivity index (χ1v) is 3.81. The second kappa shape index (κ2) is 4.13. The van der Waals surface area contributed by atoms with Gasteiger partial charge in [0.05, 0.1) is 6.33 Å². The van der Waals surface area contributed by atoms with E-state index in [2.05, 4.69) is 30.2 Å². The molecule has 0 N–H and O–H groups in total. The summed E-state index contributed by atoms with van der Waals surface area (Å²) in [5, 5.41) is 0. The third-order valence-electron chi connectivity index (χ3n) is 1.53. The van der Waals surface area contributed by atoms with Gasteiger partial charge in [-0.3, -0.25) is 0 Å². The molecule has 1 aromatic heterocycles. The van der Waals surface area contributed by atoms with Crippen LogP contribution >= 0.6 is 0 Å². The lowest BCUT2D eigenvalue weighted by atomic mass is 10.4. The fourth-order valence-corrected chi connectivity index (χ4v) is 0.940. The lowest BCUT2D eigenvalue weighted by Gasteiger charge is -2.08. The molecule has 3 nitrogen and oxygen atoms in total. The van der Waals surface area contributed by atoms with E-state index in [9.17, 15) is 0 Å². The zero-order valence-corrected chi connectivity index (χ0v) is 7.12. The Balaban J connectivity index is 2.14. The molecule has 11 heavy (non-hydrogen) atoms. The average molecular weight is 152 g/mol. The highest BCUT2D eigenvalue weighted by Crippen LogP contribution is 1.90. The number of rotatable bonds is 4. The molecular formula is C8H14N3. The Labute approximate surface area is 67.7 Å². The van der Waals surface area contributed by atoms with Gasteiger partial charge in [0.1, 0.15) is 6.20 Å². The van der Waals surface area contributed by atoms with Crippen LogP contribution in [0.2, 0.25) is 0 Å². The monoisotopic (exact) mass is 152 g/mol. The van der Waals surface area contributed by atoms with E-state index in [0.717, 1.165) is 19.5 Å². The quantitative estimate of drug-likeness (QED) is 0.631. The van der Waals surface area contributed by atoms with E-state index in [4.69, 9.17) is 0 Å². The Hall–Kier alpha value is -0.830. The zero-order valence-electron chi connectivity index (χ0n) is 7.12.